The quantitative estimate of drug-likeness (QED) is 0.820. The zero-order valence-corrected chi connectivity index (χ0v) is 14.1. The monoisotopic (exact) mass is 310 g/mol. The van der Waals surface area contributed by atoms with Crippen molar-refractivity contribution in [2.45, 2.75) is 72.1 Å². The zero-order valence-electron chi connectivity index (χ0n) is 14.1. The van der Waals surface area contributed by atoms with Gasteiger partial charge in [0.1, 0.15) is 0 Å². The van der Waals surface area contributed by atoms with Crippen LogP contribution in [0.5, 0.6) is 0 Å². The number of rotatable bonds is 3. The van der Waals surface area contributed by atoms with Crippen LogP contribution in [-0.2, 0) is 9.59 Å². The summed E-state index contributed by atoms with van der Waals surface area (Å²) in [6.45, 7) is 6.22. The molecule has 0 amide bonds. The van der Waals surface area contributed by atoms with Crippen molar-refractivity contribution in [3.05, 3.63) is 0 Å². The lowest BCUT2D eigenvalue weighted by Gasteiger charge is -2.53. The van der Waals surface area contributed by atoms with E-state index in [0.29, 0.717) is 19.3 Å². The van der Waals surface area contributed by atoms with Crippen LogP contribution in [0.2, 0.25) is 0 Å². The first-order valence-electron chi connectivity index (χ1n) is 8.65. The zero-order chi connectivity index (χ0) is 16.5. The molecule has 0 saturated heterocycles. The molecule has 0 aliphatic heterocycles. The van der Waals surface area contributed by atoms with Gasteiger partial charge in [0.15, 0.2) is 0 Å². The minimum atomic E-state index is -0.767. The number of hydrogen-bond donors (Lipinski definition) is 2. The van der Waals surface area contributed by atoms with E-state index in [0.717, 1.165) is 25.7 Å². The molecule has 2 saturated carbocycles. The maximum Gasteiger partial charge on any atom is 0.310 e. The Balaban J connectivity index is 2.40. The highest BCUT2D eigenvalue weighted by atomic mass is 16.4. The Morgan fingerprint density at radius 2 is 1.59 bits per heavy atom. The smallest absolute Gasteiger partial charge is 0.310 e. The Morgan fingerprint density at radius 3 is 2.05 bits per heavy atom. The molecule has 2 fully saturated rings. The van der Waals surface area contributed by atoms with Crippen molar-refractivity contribution < 1.29 is 19.8 Å². The molecule has 0 heterocycles. The molecule has 0 bridgehead atoms. The molecule has 2 rings (SSSR count). The van der Waals surface area contributed by atoms with E-state index < -0.39 is 17.4 Å². The topological polar surface area (TPSA) is 74.6 Å². The summed E-state index contributed by atoms with van der Waals surface area (Å²) in [4.78, 5) is 23.8. The van der Waals surface area contributed by atoms with Gasteiger partial charge in [0.25, 0.3) is 0 Å². The van der Waals surface area contributed by atoms with Crippen LogP contribution in [0.15, 0.2) is 0 Å². The van der Waals surface area contributed by atoms with Crippen molar-refractivity contribution in [1.82, 2.24) is 0 Å². The van der Waals surface area contributed by atoms with E-state index >= 15 is 0 Å². The Kier molecular flexibility index (Phi) is 4.88. The summed E-state index contributed by atoms with van der Waals surface area (Å²) >= 11 is 0. The third-order valence-corrected chi connectivity index (χ3v) is 6.17. The van der Waals surface area contributed by atoms with Crippen molar-refractivity contribution in [2.75, 3.05) is 0 Å². The molecule has 0 radical (unpaired) electrons. The molecule has 126 valence electrons. The third kappa shape index (κ3) is 3.02. The molecule has 2 N–H and O–H groups in total. The maximum absolute atomic E-state index is 12.4. The SMILES string of the molecule is CC(C)(C)C1CC(C(=O)O)CCC1(C(=O)O)C1CCCCC1. The van der Waals surface area contributed by atoms with E-state index in [-0.39, 0.29) is 23.2 Å². The average molecular weight is 310 g/mol. The van der Waals surface area contributed by atoms with E-state index in [1.165, 1.54) is 6.42 Å². The second-order valence-electron chi connectivity index (χ2n) is 8.41. The molecule has 4 heteroatoms. The second kappa shape index (κ2) is 6.21. The highest BCUT2D eigenvalue weighted by Gasteiger charge is 2.57. The second-order valence-corrected chi connectivity index (χ2v) is 8.41. The summed E-state index contributed by atoms with van der Waals surface area (Å²) in [6, 6.07) is 0. The van der Waals surface area contributed by atoms with Gasteiger partial charge in [-0.15, -0.1) is 0 Å². The molecule has 0 spiro atoms. The lowest BCUT2D eigenvalue weighted by molar-refractivity contribution is -0.174. The maximum atomic E-state index is 12.4. The van der Waals surface area contributed by atoms with Gasteiger partial charge in [-0.1, -0.05) is 40.0 Å². The Hall–Kier alpha value is -1.06. The lowest BCUT2D eigenvalue weighted by Crippen LogP contribution is -2.53. The molecule has 0 aromatic rings. The molecule has 3 atom stereocenters. The van der Waals surface area contributed by atoms with Crippen LogP contribution in [0.4, 0.5) is 0 Å². The minimum Gasteiger partial charge on any atom is -0.481 e. The van der Waals surface area contributed by atoms with Gasteiger partial charge in [0.05, 0.1) is 11.3 Å². The fraction of sp³-hybridized carbons (Fsp3) is 0.889. The number of carbonyl (C=O) groups is 2. The van der Waals surface area contributed by atoms with Gasteiger partial charge in [0.2, 0.25) is 0 Å². The van der Waals surface area contributed by atoms with Crippen LogP contribution in [-0.4, -0.2) is 22.2 Å². The molecule has 22 heavy (non-hydrogen) atoms. The Labute approximate surface area is 133 Å². The summed E-state index contributed by atoms with van der Waals surface area (Å²) in [5.41, 5.74) is -0.922. The molecular weight excluding hydrogens is 280 g/mol. The Bertz CT molecular complexity index is 431. The van der Waals surface area contributed by atoms with Crippen LogP contribution >= 0.6 is 0 Å². The molecule has 0 aromatic carbocycles. The van der Waals surface area contributed by atoms with E-state index in [1.807, 2.05) is 0 Å². The van der Waals surface area contributed by atoms with Crippen LogP contribution in [0.1, 0.15) is 72.1 Å². The van der Waals surface area contributed by atoms with Gasteiger partial charge in [-0.3, -0.25) is 9.59 Å². The first-order chi connectivity index (χ1) is 10.2. The van der Waals surface area contributed by atoms with E-state index in [1.54, 1.807) is 0 Å². The van der Waals surface area contributed by atoms with E-state index in [9.17, 15) is 19.8 Å². The molecule has 2 aliphatic carbocycles. The summed E-state index contributed by atoms with van der Waals surface area (Å²) in [5, 5.41) is 19.5. The van der Waals surface area contributed by atoms with Gasteiger partial charge in [-0.25, -0.2) is 0 Å². The van der Waals surface area contributed by atoms with Crippen LogP contribution in [0.25, 0.3) is 0 Å². The normalized spacial score (nSPS) is 34.3. The van der Waals surface area contributed by atoms with Crippen molar-refractivity contribution in [3.63, 3.8) is 0 Å². The Morgan fingerprint density at radius 1 is 1.00 bits per heavy atom. The summed E-state index contributed by atoms with van der Waals surface area (Å²) < 4.78 is 0. The van der Waals surface area contributed by atoms with E-state index in [4.69, 9.17) is 0 Å². The van der Waals surface area contributed by atoms with Gasteiger partial charge in [0, 0.05) is 0 Å². The third-order valence-electron chi connectivity index (χ3n) is 6.17. The molecule has 0 aromatic heterocycles. The van der Waals surface area contributed by atoms with E-state index in [2.05, 4.69) is 20.8 Å². The van der Waals surface area contributed by atoms with Crippen molar-refractivity contribution >= 4 is 11.9 Å². The molecule has 3 unspecified atom stereocenters. The van der Waals surface area contributed by atoms with Gasteiger partial charge in [-0.05, 0) is 49.4 Å². The van der Waals surface area contributed by atoms with Crippen LogP contribution < -0.4 is 0 Å². The van der Waals surface area contributed by atoms with Crippen LogP contribution in [0.3, 0.4) is 0 Å². The molecular formula is C18H30O4. The number of carboxylic acid groups (broad SMARTS) is 2. The highest BCUT2D eigenvalue weighted by molar-refractivity contribution is 5.77. The van der Waals surface area contributed by atoms with Crippen molar-refractivity contribution in [2.24, 2.45) is 28.6 Å². The molecule has 4 nitrogen and oxygen atoms in total. The summed E-state index contributed by atoms with van der Waals surface area (Å²) in [6.07, 6.45) is 6.91. The first-order valence-corrected chi connectivity index (χ1v) is 8.65. The van der Waals surface area contributed by atoms with Gasteiger partial charge < -0.3 is 10.2 Å². The fourth-order valence-corrected chi connectivity index (χ4v) is 5.09. The minimum absolute atomic E-state index is 0.0737. The number of carboxylic acids is 2. The van der Waals surface area contributed by atoms with Crippen LogP contribution in [0, 0.1) is 28.6 Å². The standard InChI is InChI=1S/C18H30O4/c1-17(2,3)14-11-12(15(19)20)9-10-18(14,16(21)22)13-7-5-4-6-8-13/h12-14H,4-11H2,1-3H3,(H,19,20)(H,21,22). The number of hydrogen-bond acceptors (Lipinski definition) is 2. The van der Waals surface area contributed by atoms with Crippen molar-refractivity contribution in [1.29, 1.82) is 0 Å². The van der Waals surface area contributed by atoms with Gasteiger partial charge >= 0.3 is 11.9 Å². The predicted octanol–water partition coefficient (Wildman–Crippen LogP) is 4.18. The summed E-state index contributed by atoms with van der Waals surface area (Å²) in [5.74, 6) is -1.71. The highest BCUT2D eigenvalue weighted by Crippen LogP contribution is 2.58. The lowest BCUT2D eigenvalue weighted by atomic mass is 9.49. The largest absolute Gasteiger partial charge is 0.481 e. The predicted molar refractivity (Wildman–Crippen MR) is 84.6 cm³/mol. The van der Waals surface area contributed by atoms with Gasteiger partial charge in [-0.2, -0.15) is 0 Å². The molecule has 2 aliphatic rings. The first kappa shape index (κ1) is 17.3. The number of aliphatic carboxylic acids is 2. The fourth-order valence-electron chi connectivity index (χ4n) is 5.09. The average Bonchev–Trinajstić information content (AvgIpc) is 2.46. The van der Waals surface area contributed by atoms with Crippen molar-refractivity contribution in [3.8, 4) is 0 Å². The summed E-state index contributed by atoms with van der Waals surface area (Å²) in [7, 11) is 0.